The summed E-state index contributed by atoms with van der Waals surface area (Å²) in [6.07, 6.45) is 5.70. The van der Waals surface area contributed by atoms with E-state index in [-0.39, 0.29) is 27.3 Å². The molecule has 1 fully saturated rings. The van der Waals surface area contributed by atoms with Gasteiger partial charge in [0.25, 0.3) is 0 Å². The van der Waals surface area contributed by atoms with Crippen LogP contribution in [0.5, 0.6) is 5.75 Å². The average Bonchev–Trinajstić information content (AvgIpc) is 3.01. The summed E-state index contributed by atoms with van der Waals surface area (Å²) in [4.78, 5) is 9.04. The third kappa shape index (κ3) is 5.22. The van der Waals surface area contributed by atoms with Gasteiger partial charge in [0.15, 0.2) is 0 Å². The van der Waals surface area contributed by atoms with Gasteiger partial charge in [0, 0.05) is 0 Å². The van der Waals surface area contributed by atoms with Gasteiger partial charge in [-0.05, 0) is 0 Å². The van der Waals surface area contributed by atoms with Crippen LogP contribution in [0.3, 0.4) is 0 Å². The molecule has 1 N–H and O–H groups in total. The Morgan fingerprint density at radius 3 is 2.76 bits per heavy atom. The van der Waals surface area contributed by atoms with E-state index >= 15 is 0 Å². The van der Waals surface area contributed by atoms with Crippen molar-refractivity contribution in [3.05, 3.63) is 70.4 Å². The number of nitrogens with one attached hydrogen (secondary N) is 1. The third-order valence-corrected chi connectivity index (χ3v) is 7.55. The Hall–Kier alpha value is -2.85. The molecule has 0 aliphatic carbocycles. The maximum absolute atomic E-state index is 13.5. The number of hydrogen-bond acceptors (Lipinski definition) is 6. The Morgan fingerprint density at radius 2 is 1.97 bits per heavy atom. The summed E-state index contributed by atoms with van der Waals surface area (Å²) in [7, 11) is 0. The van der Waals surface area contributed by atoms with Crippen molar-refractivity contribution in [1.82, 2.24) is 9.97 Å². The summed E-state index contributed by atoms with van der Waals surface area (Å²) >= 11 is -0.333. The first-order valence-electron chi connectivity index (χ1n) is 10.7. The molecule has 33 heavy (non-hydrogen) atoms. The van der Waals surface area contributed by atoms with Crippen molar-refractivity contribution >= 4 is 22.4 Å². The van der Waals surface area contributed by atoms with Gasteiger partial charge in [-0.3, -0.25) is 0 Å². The maximum atomic E-state index is 13.5. The molecule has 8 heteroatoms. The number of anilines is 1. The molecular weight excluding hydrogens is 534 g/mol. The molecule has 1 saturated heterocycles. The minimum absolute atomic E-state index is 0.265. The Morgan fingerprint density at radius 1 is 1.12 bits per heavy atom. The van der Waals surface area contributed by atoms with Crippen molar-refractivity contribution < 1.29 is 35.3 Å². The molecule has 2 aliphatic heterocycles. The second-order valence-electron chi connectivity index (χ2n) is 8.01. The predicted octanol–water partition coefficient (Wildman–Crippen LogP) is 1.79. The average molecular weight is 557 g/mol. The Balaban J connectivity index is 1.49. The van der Waals surface area contributed by atoms with Crippen LogP contribution in [0, 0.1) is 11.7 Å². The number of nitrogens with zero attached hydrogens (tertiary/aromatic N) is 3. The number of halogens is 2. The van der Waals surface area contributed by atoms with E-state index < -0.39 is 0 Å². The topological polar surface area (TPSA) is 68.6 Å². The molecule has 0 bridgehead atoms. The number of fused-ring (bicyclic) bond motifs is 1. The number of benzene rings is 2. The molecule has 2 aromatic carbocycles. The van der Waals surface area contributed by atoms with Gasteiger partial charge in [-0.25, -0.2) is 4.39 Å². The second-order valence-corrected chi connectivity index (χ2v) is 9.67. The monoisotopic (exact) mass is 557 g/mol. The summed E-state index contributed by atoms with van der Waals surface area (Å²) < 4.78 is 31.7. The number of rotatable bonds is 7. The van der Waals surface area contributed by atoms with Crippen LogP contribution in [-0.4, -0.2) is 42.0 Å². The number of hydrogen-bond donors (Lipinski definition) is 1. The molecule has 0 spiro atoms. The van der Waals surface area contributed by atoms with Crippen LogP contribution in [-0.2, 0) is 4.74 Å². The molecule has 170 valence electrons. The molecule has 0 unspecified atom stereocenters. The van der Waals surface area contributed by atoms with Gasteiger partial charge >= 0.3 is 194 Å². The van der Waals surface area contributed by atoms with Crippen LogP contribution >= 0.6 is 0 Å². The van der Waals surface area contributed by atoms with Crippen LogP contribution < -0.4 is 31.5 Å². The first kappa shape index (κ1) is 22.0. The third-order valence-electron chi connectivity index (χ3n) is 5.43. The van der Waals surface area contributed by atoms with Gasteiger partial charge < -0.3 is 4.74 Å². The van der Waals surface area contributed by atoms with Gasteiger partial charge in [0.2, 0.25) is 0 Å². The van der Waals surface area contributed by atoms with Crippen LogP contribution in [0.25, 0.3) is 22.0 Å². The van der Waals surface area contributed by atoms with E-state index in [0.29, 0.717) is 38.0 Å². The van der Waals surface area contributed by atoms with Gasteiger partial charge in [-0.15, -0.1) is 0 Å². The number of ether oxygens (including phenoxy) is 2. The molecule has 0 saturated carbocycles. The van der Waals surface area contributed by atoms with Crippen molar-refractivity contribution in [1.29, 1.82) is 0 Å². The fourth-order valence-electron chi connectivity index (χ4n) is 3.52. The first-order chi connectivity index (χ1) is 16.2. The molecule has 2 aliphatic rings. The summed E-state index contributed by atoms with van der Waals surface area (Å²) in [6.45, 7) is 4.65. The van der Waals surface area contributed by atoms with E-state index in [1.54, 1.807) is 18.5 Å². The van der Waals surface area contributed by atoms with E-state index in [1.807, 2.05) is 25.1 Å². The molecular formula is C25H23FIN4O2-. The second kappa shape index (κ2) is 9.96. The minimum atomic E-state index is -0.333. The fraction of sp³-hybridized carbons (Fsp3) is 0.240. The van der Waals surface area contributed by atoms with E-state index in [0.717, 1.165) is 33.6 Å². The quantitative estimate of drug-likeness (QED) is 0.449. The summed E-state index contributed by atoms with van der Waals surface area (Å²) in [6, 6.07) is 10.5. The van der Waals surface area contributed by atoms with Gasteiger partial charge in [0.1, 0.15) is 0 Å². The van der Waals surface area contributed by atoms with Crippen LogP contribution in [0.1, 0.15) is 6.92 Å². The molecule has 5 rings (SSSR count). The van der Waals surface area contributed by atoms with Gasteiger partial charge in [0.05, 0.1) is 0 Å². The van der Waals surface area contributed by atoms with E-state index in [4.69, 9.17) is 9.47 Å². The van der Waals surface area contributed by atoms with Crippen LogP contribution in [0.2, 0.25) is 0 Å². The van der Waals surface area contributed by atoms with Crippen molar-refractivity contribution in [2.24, 2.45) is 9.12 Å². The van der Waals surface area contributed by atoms with E-state index in [9.17, 15) is 4.39 Å². The zero-order valence-electron chi connectivity index (χ0n) is 18.1. The van der Waals surface area contributed by atoms with E-state index in [1.165, 1.54) is 17.7 Å². The van der Waals surface area contributed by atoms with Crippen LogP contribution in [0.15, 0.2) is 67.7 Å². The number of allylic oxidation sites excluding steroid dienone is 1. The van der Waals surface area contributed by atoms with Crippen LogP contribution in [0.4, 0.5) is 10.2 Å². The van der Waals surface area contributed by atoms with Gasteiger partial charge in [-0.2, -0.15) is 0 Å². The van der Waals surface area contributed by atoms with Crippen molar-refractivity contribution in [3.63, 3.8) is 0 Å². The zero-order chi connectivity index (χ0) is 22.6. The normalized spacial score (nSPS) is 16.3. The molecule has 0 atom stereocenters. The Labute approximate surface area is 202 Å². The van der Waals surface area contributed by atoms with Crippen molar-refractivity contribution in [2.75, 3.05) is 31.7 Å². The predicted molar refractivity (Wildman–Crippen MR) is 124 cm³/mol. The SMILES string of the molecule is CC1=N[I-]C=C(CNc2ncnc3c(OCC4COC4)cc(-c4ccc(F)cc4)cc23)C=C1. The fourth-order valence-corrected chi connectivity index (χ4v) is 5.05. The van der Waals surface area contributed by atoms with Crippen molar-refractivity contribution in [3.8, 4) is 16.9 Å². The summed E-state index contributed by atoms with van der Waals surface area (Å²) in [5.41, 5.74) is 4.81. The molecule has 0 amide bonds. The molecule has 0 radical (unpaired) electrons. The molecule has 6 nitrogen and oxygen atoms in total. The summed E-state index contributed by atoms with van der Waals surface area (Å²) in [5, 5.41) is 4.32. The first-order valence-corrected chi connectivity index (χ1v) is 12.9. The standard InChI is InChI=1S/C25H23FIN4O2/c1-16-2-3-17(10-27-31-16)11-28-25-22-8-20(19-4-6-21(26)7-5-19)9-23(24(22)29-15-30-25)33-14-18-12-32-13-18/h2-10,15,18H,11-14H2,1H3,(H,28,29,30)/q-1. The molecule has 1 aromatic heterocycles. The number of aromatic nitrogens is 2. The Kier molecular flexibility index (Phi) is 6.63. The zero-order valence-corrected chi connectivity index (χ0v) is 20.3. The molecule has 3 aromatic rings. The molecule has 3 heterocycles. The van der Waals surface area contributed by atoms with Gasteiger partial charge in [-0.1, -0.05) is 0 Å². The van der Waals surface area contributed by atoms with E-state index in [2.05, 4.69) is 28.6 Å². The summed E-state index contributed by atoms with van der Waals surface area (Å²) in [5.74, 6) is 1.54. The Bertz CT molecular complexity index is 1250. The van der Waals surface area contributed by atoms with Crippen molar-refractivity contribution in [2.45, 2.75) is 6.92 Å².